The van der Waals surface area contributed by atoms with Gasteiger partial charge < -0.3 is 5.32 Å². The van der Waals surface area contributed by atoms with Gasteiger partial charge in [0.1, 0.15) is 5.69 Å². The van der Waals surface area contributed by atoms with E-state index in [1.165, 1.54) is 0 Å². The zero-order chi connectivity index (χ0) is 24.2. The standard InChI is InChI=1S/C28H27ClN4OS/c1-19-5-4-6-23(30-19)17-33-15-13-21(14-16-33)28-32-26(18-35-28)27(34)31-25-8-3-2-7-24(25)20-9-11-22(29)12-10-20/h2-12,18,21H,13-17H2,1H3,(H,31,34). The number of piperidine rings is 1. The van der Waals surface area contributed by atoms with Crippen LogP contribution in [-0.2, 0) is 6.54 Å². The average Bonchev–Trinajstić information content (AvgIpc) is 3.36. The van der Waals surface area contributed by atoms with Crippen molar-refractivity contribution in [2.24, 2.45) is 0 Å². The summed E-state index contributed by atoms with van der Waals surface area (Å²) in [5.74, 6) is 0.210. The largest absolute Gasteiger partial charge is 0.320 e. The molecular formula is C28H27ClN4OS. The lowest BCUT2D eigenvalue weighted by Crippen LogP contribution is -2.32. The molecule has 3 heterocycles. The van der Waals surface area contributed by atoms with Crippen LogP contribution in [0.15, 0.2) is 72.1 Å². The van der Waals surface area contributed by atoms with E-state index >= 15 is 0 Å². The third kappa shape index (κ3) is 5.78. The number of hydrogen-bond donors (Lipinski definition) is 1. The molecule has 0 saturated carbocycles. The van der Waals surface area contributed by atoms with Crippen LogP contribution >= 0.6 is 22.9 Å². The second kappa shape index (κ2) is 10.7. The highest BCUT2D eigenvalue weighted by atomic mass is 35.5. The van der Waals surface area contributed by atoms with Gasteiger partial charge in [0.15, 0.2) is 0 Å². The summed E-state index contributed by atoms with van der Waals surface area (Å²) in [6, 6.07) is 21.6. The maximum absolute atomic E-state index is 13.0. The minimum atomic E-state index is -0.183. The van der Waals surface area contributed by atoms with Crippen molar-refractivity contribution in [3.63, 3.8) is 0 Å². The molecule has 5 nitrogen and oxygen atoms in total. The first-order chi connectivity index (χ1) is 17.0. The van der Waals surface area contributed by atoms with E-state index in [1.807, 2.05) is 66.9 Å². The Balaban J connectivity index is 1.21. The van der Waals surface area contributed by atoms with Crippen LogP contribution in [0.1, 0.15) is 45.6 Å². The number of amides is 1. The number of para-hydroxylation sites is 1. The van der Waals surface area contributed by atoms with Gasteiger partial charge >= 0.3 is 0 Å². The number of halogens is 1. The topological polar surface area (TPSA) is 58.1 Å². The molecule has 1 aliphatic rings. The zero-order valence-corrected chi connectivity index (χ0v) is 21.1. The van der Waals surface area contributed by atoms with Gasteiger partial charge in [-0.1, -0.05) is 48.0 Å². The number of nitrogens with one attached hydrogen (secondary N) is 1. The number of benzene rings is 2. The zero-order valence-electron chi connectivity index (χ0n) is 19.6. The molecule has 1 aliphatic heterocycles. The summed E-state index contributed by atoms with van der Waals surface area (Å²) in [6.45, 7) is 4.93. The van der Waals surface area contributed by atoms with Gasteiger partial charge in [-0.2, -0.15) is 0 Å². The van der Waals surface area contributed by atoms with Crippen LogP contribution in [0.3, 0.4) is 0 Å². The SMILES string of the molecule is Cc1cccc(CN2CCC(c3nc(C(=O)Nc4ccccc4-c4ccc(Cl)cc4)cs3)CC2)n1. The van der Waals surface area contributed by atoms with Crippen molar-refractivity contribution in [3.8, 4) is 11.1 Å². The molecule has 1 N–H and O–H groups in total. The minimum Gasteiger partial charge on any atom is -0.320 e. The molecule has 2 aromatic heterocycles. The first-order valence-electron chi connectivity index (χ1n) is 11.8. The number of hydrogen-bond acceptors (Lipinski definition) is 5. The van der Waals surface area contributed by atoms with E-state index in [4.69, 9.17) is 16.6 Å². The highest BCUT2D eigenvalue weighted by Crippen LogP contribution is 2.32. The fourth-order valence-electron chi connectivity index (χ4n) is 4.49. The van der Waals surface area contributed by atoms with E-state index in [-0.39, 0.29) is 5.91 Å². The number of thiazole rings is 1. The van der Waals surface area contributed by atoms with Crippen LogP contribution in [0.4, 0.5) is 5.69 Å². The number of aromatic nitrogens is 2. The Kier molecular flexibility index (Phi) is 7.23. The summed E-state index contributed by atoms with van der Waals surface area (Å²) in [5.41, 5.74) is 5.35. The molecular weight excluding hydrogens is 476 g/mol. The van der Waals surface area contributed by atoms with Crippen LogP contribution in [0, 0.1) is 6.92 Å². The van der Waals surface area contributed by atoms with Crippen molar-refractivity contribution in [1.82, 2.24) is 14.9 Å². The molecule has 1 saturated heterocycles. The van der Waals surface area contributed by atoms with Crippen molar-refractivity contribution in [2.45, 2.75) is 32.2 Å². The van der Waals surface area contributed by atoms with Crippen LogP contribution in [-0.4, -0.2) is 33.9 Å². The van der Waals surface area contributed by atoms with E-state index in [2.05, 4.69) is 27.3 Å². The van der Waals surface area contributed by atoms with Gasteiger partial charge in [-0.3, -0.25) is 14.7 Å². The molecule has 0 spiro atoms. The van der Waals surface area contributed by atoms with Gasteiger partial charge in [-0.15, -0.1) is 11.3 Å². The van der Waals surface area contributed by atoms with Crippen LogP contribution in [0.5, 0.6) is 0 Å². The fourth-order valence-corrected chi connectivity index (χ4v) is 5.59. The summed E-state index contributed by atoms with van der Waals surface area (Å²) < 4.78 is 0. The number of anilines is 1. The van der Waals surface area contributed by atoms with E-state index in [1.54, 1.807) is 11.3 Å². The van der Waals surface area contributed by atoms with E-state index in [9.17, 15) is 4.79 Å². The molecule has 4 aromatic rings. The Morgan fingerprint density at radius 3 is 2.57 bits per heavy atom. The molecule has 7 heteroatoms. The molecule has 1 fully saturated rings. The van der Waals surface area contributed by atoms with E-state index in [0.29, 0.717) is 16.6 Å². The second-order valence-corrected chi connectivity index (χ2v) is 10.2. The van der Waals surface area contributed by atoms with Crippen molar-refractivity contribution in [3.05, 3.63) is 99.2 Å². The molecule has 2 aromatic carbocycles. The Morgan fingerprint density at radius 2 is 1.80 bits per heavy atom. The number of carbonyl (C=O) groups excluding carboxylic acids is 1. The van der Waals surface area contributed by atoms with Crippen LogP contribution in [0.25, 0.3) is 11.1 Å². The lowest BCUT2D eigenvalue weighted by molar-refractivity contribution is 0.102. The number of pyridine rings is 1. The van der Waals surface area contributed by atoms with Gasteiger partial charge in [0.2, 0.25) is 0 Å². The van der Waals surface area contributed by atoms with Gasteiger partial charge in [0.25, 0.3) is 5.91 Å². The first kappa shape index (κ1) is 23.7. The summed E-state index contributed by atoms with van der Waals surface area (Å²) in [4.78, 5) is 24.8. The van der Waals surface area contributed by atoms with Gasteiger partial charge in [0, 0.05) is 39.8 Å². The predicted molar refractivity (Wildman–Crippen MR) is 143 cm³/mol. The summed E-state index contributed by atoms with van der Waals surface area (Å²) >= 11 is 7.62. The molecule has 0 unspecified atom stereocenters. The predicted octanol–water partition coefficient (Wildman–Crippen LogP) is 6.80. The molecule has 1 amide bonds. The fraction of sp³-hybridized carbons (Fsp3) is 0.250. The normalized spacial score (nSPS) is 14.7. The first-order valence-corrected chi connectivity index (χ1v) is 13.1. The molecule has 178 valence electrons. The Morgan fingerprint density at radius 1 is 1.03 bits per heavy atom. The Bertz CT molecular complexity index is 1310. The highest BCUT2D eigenvalue weighted by Gasteiger charge is 2.24. The van der Waals surface area contributed by atoms with Gasteiger partial charge in [-0.25, -0.2) is 4.98 Å². The molecule has 0 radical (unpaired) electrons. The average molecular weight is 503 g/mol. The lowest BCUT2D eigenvalue weighted by Gasteiger charge is -2.30. The number of carbonyl (C=O) groups is 1. The van der Waals surface area contributed by atoms with Crippen molar-refractivity contribution in [2.75, 3.05) is 18.4 Å². The maximum atomic E-state index is 13.0. The van der Waals surface area contributed by atoms with Crippen molar-refractivity contribution >= 4 is 34.5 Å². The van der Waals surface area contributed by atoms with Crippen LogP contribution in [0.2, 0.25) is 5.02 Å². The number of rotatable bonds is 6. The minimum absolute atomic E-state index is 0.183. The maximum Gasteiger partial charge on any atom is 0.275 e. The lowest BCUT2D eigenvalue weighted by atomic mass is 9.97. The number of nitrogens with zero attached hydrogens (tertiary/aromatic N) is 3. The number of aryl methyl sites for hydroxylation is 1. The summed E-state index contributed by atoms with van der Waals surface area (Å²) in [7, 11) is 0. The molecule has 0 bridgehead atoms. The smallest absolute Gasteiger partial charge is 0.275 e. The third-order valence-corrected chi connectivity index (χ3v) is 7.61. The van der Waals surface area contributed by atoms with Gasteiger partial charge in [0.05, 0.1) is 10.7 Å². The summed E-state index contributed by atoms with van der Waals surface area (Å²) in [6.07, 6.45) is 2.08. The van der Waals surface area contributed by atoms with Crippen molar-refractivity contribution in [1.29, 1.82) is 0 Å². The van der Waals surface area contributed by atoms with E-state index < -0.39 is 0 Å². The number of likely N-dealkylation sites (tertiary alicyclic amines) is 1. The monoisotopic (exact) mass is 502 g/mol. The van der Waals surface area contributed by atoms with Crippen molar-refractivity contribution < 1.29 is 4.79 Å². The Hall–Kier alpha value is -3.06. The Labute approximate surface area is 214 Å². The molecule has 5 rings (SSSR count). The third-order valence-electron chi connectivity index (χ3n) is 6.35. The highest BCUT2D eigenvalue weighted by molar-refractivity contribution is 7.10. The van der Waals surface area contributed by atoms with Crippen LogP contribution < -0.4 is 5.32 Å². The quantitative estimate of drug-likeness (QED) is 0.315. The second-order valence-electron chi connectivity index (χ2n) is 8.90. The molecule has 0 aliphatic carbocycles. The molecule has 0 atom stereocenters. The van der Waals surface area contributed by atoms with E-state index in [0.717, 1.165) is 65.7 Å². The summed E-state index contributed by atoms with van der Waals surface area (Å²) in [5, 5.41) is 6.66. The van der Waals surface area contributed by atoms with Gasteiger partial charge in [-0.05, 0) is 68.8 Å². The molecule has 35 heavy (non-hydrogen) atoms.